The van der Waals surface area contributed by atoms with Crippen LogP contribution < -0.4 is 5.32 Å². The van der Waals surface area contributed by atoms with Crippen molar-refractivity contribution >= 4 is 27.7 Å². The third-order valence-electron chi connectivity index (χ3n) is 4.95. The summed E-state index contributed by atoms with van der Waals surface area (Å²) in [6.45, 7) is 0.898. The fraction of sp³-hybridized carbons (Fsp3) is 0.556. The molecule has 2 fully saturated rings. The second-order valence-corrected chi connectivity index (χ2v) is 7.42. The summed E-state index contributed by atoms with van der Waals surface area (Å²) >= 11 is 3.49. The fourth-order valence-electron chi connectivity index (χ4n) is 3.72. The van der Waals surface area contributed by atoms with E-state index in [1.165, 1.54) is 0 Å². The molecule has 2 aliphatic rings. The van der Waals surface area contributed by atoms with E-state index in [9.17, 15) is 9.59 Å². The quantitative estimate of drug-likeness (QED) is 0.872. The van der Waals surface area contributed by atoms with Crippen LogP contribution in [-0.4, -0.2) is 29.8 Å². The average molecular weight is 379 g/mol. The topological polar surface area (TPSA) is 49.4 Å². The molecule has 4 nitrogen and oxygen atoms in total. The van der Waals surface area contributed by atoms with Gasteiger partial charge in [-0.2, -0.15) is 0 Å². The molecule has 1 heterocycles. The molecule has 23 heavy (non-hydrogen) atoms. The molecule has 0 spiro atoms. The van der Waals surface area contributed by atoms with E-state index in [0.29, 0.717) is 0 Å². The largest absolute Gasteiger partial charge is 0.347 e. The Morgan fingerprint density at radius 3 is 2.70 bits per heavy atom. The predicted molar refractivity (Wildman–Crippen MR) is 92.8 cm³/mol. The molecule has 0 unspecified atom stereocenters. The lowest BCUT2D eigenvalue weighted by molar-refractivity contribution is -0.134. The first-order chi connectivity index (χ1) is 11.1. The van der Waals surface area contributed by atoms with Crippen molar-refractivity contribution in [1.29, 1.82) is 0 Å². The van der Waals surface area contributed by atoms with Gasteiger partial charge in [-0.3, -0.25) is 9.59 Å². The Morgan fingerprint density at radius 2 is 1.96 bits per heavy atom. The molecule has 5 heteroatoms. The van der Waals surface area contributed by atoms with Crippen LogP contribution in [0.1, 0.15) is 50.1 Å². The maximum Gasteiger partial charge on any atom is 0.242 e. The van der Waals surface area contributed by atoms with E-state index in [1.54, 1.807) is 0 Å². The number of nitrogens with zero attached hydrogens (tertiary/aromatic N) is 1. The number of nitrogens with one attached hydrogen (secondary N) is 1. The first-order valence-corrected chi connectivity index (χ1v) is 9.27. The number of hydrogen-bond acceptors (Lipinski definition) is 2. The molecule has 0 radical (unpaired) electrons. The minimum absolute atomic E-state index is 0.0267. The number of rotatable bonds is 4. The first-order valence-electron chi connectivity index (χ1n) is 8.48. The van der Waals surface area contributed by atoms with Crippen molar-refractivity contribution in [3.8, 4) is 0 Å². The molecule has 1 aromatic carbocycles. The van der Waals surface area contributed by atoms with Crippen LogP contribution in [0.25, 0.3) is 0 Å². The van der Waals surface area contributed by atoms with E-state index in [2.05, 4.69) is 33.4 Å². The molecule has 1 saturated heterocycles. The summed E-state index contributed by atoms with van der Waals surface area (Å²) in [6, 6.07) is 8.27. The summed E-state index contributed by atoms with van der Waals surface area (Å²) in [5.41, 5.74) is 1.16. The van der Waals surface area contributed by atoms with E-state index >= 15 is 0 Å². The van der Waals surface area contributed by atoms with Gasteiger partial charge in [-0.25, -0.2) is 0 Å². The Hall–Kier alpha value is -1.36. The van der Waals surface area contributed by atoms with Gasteiger partial charge < -0.3 is 10.2 Å². The molecule has 0 aromatic heterocycles. The smallest absolute Gasteiger partial charge is 0.242 e. The molecular formula is C18H23BrN2O2. The number of halogens is 1. The van der Waals surface area contributed by atoms with Gasteiger partial charge >= 0.3 is 0 Å². The lowest BCUT2D eigenvalue weighted by Gasteiger charge is -2.25. The second kappa shape index (κ2) is 7.47. The molecule has 1 aliphatic heterocycles. The molecule has 2 amide bonds. The minimum Gasteiger partial charge on any atom is -0.347 e. The maximum atomic E-state index is 12.5. The second-order valence-electron chi connectivity index (χ2n) is 6.50. The number of carbonyl (C=O) groups excluding carboxylic acids is 2. The third kappa shape index (κ3) is 3.94. The van der Waals surface area contributed by atoms with Gasteiger partial charge in [-0.1, -0.05) is 40.9 Å². The molecule has 1 atom stereocenters. The molecule has 0 bridgehead atoms. The lowest BCUT2D eigenvalue weighted by Crippen LogP contribution is -2.41. The highest BCUT2D eigenvalue weighted by Crippen LogP contribution is 2.33. The van der Waals surface area contributed by atoms with Crippen LogP contribution in [0, 0.1) is 5.92 Å². The molecule has 1 aliphatic carbocycles. The van der Waals surface area contributed by atoms with Crippen LogP contribution >= 0.6 is 15.9 Å². The van der Waals surface area contributed by atoms with Gasteiger partial charge in [0, 0.05) is 16.9 Å². The monoisotopic (exact) mass is 378 g/mol. The number of benzene rings is 1. The highest BCUT2D eigenvalue weighted by molar-refractivity contribution is 9.10. The van der Waals surface area contributed by atoms with Crippen LogP contribution in [0.2, 0.25) is 0 Å². The zero-order valence-electron chi connectivity index (χ0n) is 13.3. The summed E-state index contributed by atoms with van der Waals surface area (Å²) < 4.78 is 1.03. The zero-order chi connectivity index (χ0) is 16.2. The summed E-state index contributed by atoms with van der Waals surface area (Å²) in [6.07, 6.45) is 6.18. The summed E-state index contributed by atoms with van der Waals surface area (Å²) in [5, 5.41) is 2.85. The van der Waals surface area contributed by atoms with Crippen LogP contribution in [0.15, 0.2) is 28.7 Å². The predicted octanol–water partition coefficient (Wildman–Crippen LogP) is 3.42. The van der Waals surface area contributed by atoms with Gasteiger partial charge in [0.25, 0.3) is 0 Å². The van der Waals surface area contributed by atoms with Crippen LogP contribution in [-0.2, 0) is 9.59 Å². The van der Waals surface area contributed by atoms with Gasteiger partial charge in [-0.15, -0.1) is 0 Å². The molecule has 1 saturated carbocycles. The Balaban J connectivity index is 1.58. The Kier molecular flexibility index (Phi) is 5.36. The molecule has 124 valence electrons. The van der Waals surface area contributed by atoms with Crippen molar-refractivity contribution < 1.29 is 9.59 Å². The molecule has 1 aromatic rings. The van der Waals surface area contributed by atoms with Crippen LogP contribution in [0.5, 0.6) is 0 Å². The lowest BCUT2D eigenvalue weighted by atomic mass is 10.0. The summed E-state index contributed by atoms with van der Waals surface area (Å²) in [4.78, 5) is 26.5. The zero-order valence-corrected chi connectivity index (χ0v) is 14.8. The third-order valence-corrected chi connectivity index (χ3v) is 5.44. The van der Waals surface area contributed by atoms with Gasteiger partial charge in [0.1, 0.15) is 0 Å². The molecule has 1 N–H and O–H groups in total. The summed E-state index contributed by atoms with van der Waals surface area (Å²) in [5.74, 6) is 0.190. The van der Waals surface area contributed by atoms with Crippen molar-refractivity contribution in [2.45, 2.75) is 44.6 Å². The normalized spacial score (nSPS) is 21.6. The van der Waals surface area contributed by atoms with Gasteiger partial charge in [-0.05, 0) is 43.4 Å². The first kappa shape index (κ1) is 16.5. The van der Waals surface area contributed by atoms with E-state index in [0.717, 1.165) is 55.1 Å². The molecule has 3 rings (SSSR count). The van der Waals surface area contributed by atoms with Crippen LogP contribution in [0.3, 0.4) is 0 Å². The van der Waals surface area contributed by atoms with Crippen molar-refractivity contribution in [2.24, 2.45) is 5.92 Å². The number of carbonyl (C=O) groups is 2. The Morgan fingerprint density at radius 1 is 1.17 bits per heavy atom. The van der Waals surface area contributed by atoms with E-state index in [1.807, 2.05) is 17.0 Å². The van der Waals surface area contributed by atoms with Crippen molar-refractivity contribution in [3.05, 3.63) is 34.3 Å². The minimum atomic E-state index is 0.0267. The van der Waals surface area contributed by atoms with Crippen molar-refractivity contribution in [3.63, 3.8) is 0 Å². The summed E-state index contributed by atoms with van der Waals surface area (Å²) in [7, 11) is 0. The Labute approximate surface area is 145 Å². The van der Waals surface area contributed by atoms with E-state index in [4.69, 9.17) is 0 Å². The SMILES string of the molecule is O=C(NCC(=O)N1CCC[C@H]1c1cccc(Br)c1)C1CCCC1. The molecular weight excluding hydrogens is 356 g/mol. The highest BCUT2D eigenvalue weighted by atomic mass is 79.9. The standard InChI is InChI=1S/C18H23BrN2O2/c19-15-8-3-7-14(11-15)16-9-4-10-21(16)17(22)12-20-18(23)13-5-1-2-6-13/h3,7-8,11,13,16H,1-2,4-6,9-10,12H2,(H,20,23)/t16-/m0/s1. The van der Waals surface area contributed by atoms with Gasteiger partial charge in [0.15, 0.2) is 0 Å². The van der Waals surface area contributed by atoms with E-state index < -0.39 is 0 Å². The maximum absolute atomic E-state index is 12.5. The fourth-order valence-corrected chi connectivity index (χ4v) is 4.14. The highest BCUT2D eigenvalue weighted by Gasteiger charge is 2.30. The van der Waals surface area contributed by atoms with E-state index in [-0.39, 0.29) is 30.3 Å². The van der Waals surface area contributed by atoms with Gasteiger partial charge in [0.2, 0.25) is 11.8 Å². The van der Waals surface area contributed by atoms with Crippen molar-refractivity contribution in [1.82, 2.24) is 10.2 Å². The number of amides is 2. The Bertz CT molecular complexity index is 584. The van der Waals surface area contributed by atoms with Crippen LogP contribution in [0.4, 0.5) is 0 Å². The van der Waals surface area contributed by atoms with Gasteiger partial charge in [0.05, 0.1) is 12.6 Å². The van der Waals surface area contributed by atoms with Crippen molar-refractivity contribution in [2.75, 3.05) is 13.1 Å². The number of likely N-dealkylation sites (tertiary alicyclic amines) is 1. The average Bonchev–Trinajstić information content (AvgIpc) is 3.23. The number of hydrogen-bond donors (Lipinski definition) is 1.